The van der Waals surface area contributed by atoms with Gasteiger partial charge in [-0.3, -0.25) is 0 Å². The van der Waals surface area contributed by atoms with Crippen molar-refractivity contribution in [2.24, 2.45) is 44.8 Å². The molecule has 0 aromatic carbocycles. The Labute approximate surface area is 208 Å². The summed E-state index contributed by atoms with van der Waals surface area (Å²) in [6.07, 6.45) is 6.67. The fourth-order valence-corrected chi connectivity index (χ4v) is 7.71. The average Bonchev–Trinajstić information content (AvgIpc) is 3.20. The van der Waals surface area contributed by atoms with Gasteiger partial charge in [-0.2, -0.15) is 0 Å². The minimum Gasteiger partial charge on any atom is -0.479 e. The SMILES string of the molecule is C[C@]12CC/C(=N/OCC(=O)O)C=C1CC[C@@H]1[C@@H]2[C@@H](O)C[C@]2(C=O)[C@@H](/C(CO)=N/OCC(=O)O)CC[C@@H]12. The summed E-state index contributed by atoms with van der Waals surface area (Å²) in [7, 11) is 0. The molecule has 4 rings (SSSR count). The second kappa shape index (κ2) is 10.3. The number of carbonyl (C=O) groups excluding carboxylic acids is 1. The first kappa shape index (κ1) is 26.3. The number of nitrogens with zero attached hydrogens (tertiary/aromatic N) is 2. The molecule has 7 atom stereocenters. The summed E-state index contributed by atoms with van der Waals surface area (Å²) in [5.74, 6) is -2.63. The van der Waals surface area contributed by atoms with Crippen molar-refractivity contribution in [3.05, 3.63) is 11.6 Å². The van der Waals surface area contributed by atoms with Crippen LogP contribution in [0.4, 0.5) is 0 Å². The number of hydrogen-bond donors (Lipinski definition) is 4. The lowest BCUT2D eigenvalue weighted by Crippen LogP contribution is -2.58. The van der Waals surface area contributed by atoms with Crippen LogP contribution in [0.2, 0.25) is 0 Å². The van der Waals surface area contributed by atoms with E-state index in [9.17, 15) is 24.6 Å². The maximum atomic E-state index is 12.7. The molecule has 0 aliphatic heterocycles. The minimum atomic E-state index is -1.19. The van der Waals surface area contributed by atoms with Gasteiger partial charge in [-0.25, -0.2) is 9.59 Å². The van der Waals surface area contributed by atoms with Gasteiger partial charge in [0.1, 0.15) is 6.29 Å². The van der Waals surface area contributed by atoms with E-state index in [1.54, 1.807) is 0 Å². The number of carboxylic acid groups (broad SMARTS) is 2. The topological polar surface area (TPSA) is 175 Å². The first-order chi connectivity index (χ1) is 17.2. The van der Waals surface area contributed by atoms with Crippen molar-refractivity contribution in [3.63, 3.8) is 0 Å². The number of rotatable bonds is 9. The van der Waals surface area contributed by atoms with E-state index >= 15 is 0 Å². The molecule has 0 spiro atoms. The fourth-order valence-electron chi connectivity index (χ4n) is 7.71. The summed E-state index contributed by atoms with van der Waals surface area (Å²) in [6, 6.07) is 0. The Morgan fingerprint density at radius 2 is 1.86 bits per heavy atom. The molecule has 0 saturated heterocycles. The molecule has 11 nitrogen and oxygen atoms in total. The molecule has 36 heavy (non-hydrogen) atoms. The molecule has 0 bridgehead atoms. The summed E-state index contributed by atoms with van der Waals surface area (Å²) in [4.78, 5) is 44.0. The van der Waals surface area contributed by atoms with Crippen LogP contribution >= 0.6 is 0 Å². The number of oxime groups is 2. The Balaban J connectivity index is 1.59. The van der Waals surface area contributed by atoms with Gasteiger partial charge in [0, 0.05) is 11.3 Å². The van der Waals surface area contributed by atoms with Gasteiger partial charge in [0.05, 0.1) is 24.1 Å². The van der Waals surface area contributed by atoms with Gasteiger partial charge >= 0.3 is 11.9 Å². The predicted molar refractivity (Wildman–Crippen MR) is 126 cm³/mol. The summed E-state index contributed by atoms with van der Waals surface area (Å²) in [5, 5.41) is 46.9. The Morgan fingerprint density at radius 3 is 2.53 bits per heavy atom. The van der Waals surface area contributed by atoms with Crippen LogP contribution in [-0.2, 0) is 24.1 Å². The average molecular weight is 507 g/mol. The molecule has 0 unspecified atom stereocenters. The highest BCUT2D eigenvalue weighted by atomic mass is 16.6. The second-order valence-corrected chi connectivity index (χ2v) is 10.7. The van der Waals surface area contributed by atoms with Crippen molar-refractivity contribution in [2.45, 2.75) is 58.0 Å². The normalized spacial score (nSPS) is 38.9. The van der Waals surface area contributed by atoms with E-state index in [1.807, 2.05) is 6.08 Å². The third-order valence-electron chi connectivity index (χ3n) is 9.04. The van der Waals surface area contributed by atoms with E-state index in [-0.39, 0.29) is 35.3 Å². The van der Waals surface area contributed by atoms with E-state index in [0.29, 0.717) is 18.6 Å². The minimum absolute atomic E-state index is 0.0111. The monoisotopic (exact) mass is 506 g/mol. The molecule has 4 N–H and O–H groups in total. The Hall–Kier alpha value is -2.79. The van der Waals surface area contributed by atoms with Gasteiger partial charge in [0.2, 0.25) is 13.2 Å². The number of fused-ring (bicyclic) bond motifs is 5. The van der Waals surface area contributed by atoms with Gasteiger partial charge in [0.25, 0.3) is 0 Å². The lowest BCUT2D eigenvalue weighted by molar-refractivity contribution is -0.147. The third kappa shape index (κ3) is 4.54. The summed E-state index contributed by atoms with van der Waals surface area (Å²) in [5.41, 5.74) is 0.942. The molecule has 3 fully saturated rings. The van der Waals surface area contributed by atoms with Crippen LogP contribution in [0.25, 0.3) is 0 Å². The highest BCUT2D eigenvalue weighted by Gasteiger charge is 2.64. The molecular weight excluding hydrogens is 472 g/mol. The standard InChI is InChI=1S/C25H34N2O9/c1-24-7-6-15(26-35-11-21(31)32)8-14(24)2-3-16-17-4-5-18(19(10-28)27-36-12-22(33)34)25(17,13-29)9-20(30)23(16)24/h8,13,16-18,20,23,28,30H,2-7,9-12H2,1H3,(H,31,32)(H,33,34)/b26-15-,27-19+/t16-,17-,18+,20-,23+,24-,25+/m0/s1. The quantitative estimate of drug-likeness (QED) is 0.206. The second-order valence-electron chi connectivity index (χ2n) is 10.7. The zero-order valence-electron chi connectivity index (χ0n) is 20.3. The number of aliphatic carboxylic acids is 2. The van der Waals surface area contributed by atoms with Crippen molar-refractivity contribution < 1.29 is 44.5 Å². The summed E-state index contributed by atoms with van der Waals surface area (Å²) in [6.45, 7) is 0.577. The van der Waals surface area contributed by atoms with Crippen molar-refractivity contribution in [1.82, 2.24) is 0 Å². The molecular formula is C25H34N2O9. The van der Waals surface area contributed by atoms with Gasteiger partial charge in [-0.05, 0) is 74.2 Å². The molecule has 11 heteroatoms. The zero-order chi connectivity index (χ0) is 26.1. The van der Waals surface area contributed by atoms with Crippen molar-refractivity contribution in [3.8, 4) is 0 Å². The Morgan fingerprint density at radius 1 is 1.14 bits per heavy atom. The van der Waals surface area contributed by atoms with E-state index in [1.165, 1.54) is 5.57 Å². The zero-order valence-corrected chi connectivity index (χ0v) is 20.3. The van der Waals surface area contributed by atoms with Crippen LogP contribution in [-0.4, -0.2) is 76.0 Å². The Kier molecular flexibility index (Phi) is 7.51. The van der Waals surface area contributed by atoms with Gasteiger partial charge < -0.3 is 34.9 Å². The smallest absolute Gasteiger partial charge is 0.344 e. The van der Waals surface area contributed by atoms with Gasteiger partial charge in [0.15, 0.2) is 0 Å². The molecule has 4 aliphatic rings. The molecule has 0 radical (unpaired) electrons. The molecule has 3 saturated carbocycles. The number of carbonyl (C=O) groups is 3. The molecule has 0 aromatic heterocycles. The first-order valence-electron chi connectivity index (χ1n) is 12.4. The highest BCUT2D eigenvalue weighted by molar-refractivity contribution is 5.96. The van der Waals surface area contributed by atoms with Crippen LogP contribution < -0.4 is 0 Å². The lowest BCUT2D eigenvalue weighted by atomic mass is 9.45. The van der Waals surface area contributed by atoms with E-state index in [4.69, 9.17) is 19.9 Å². The molecule has 4 aliphatic carbocycles. The first-order valence-corrected chi connectivity index (χ1v) is 12.4. The van der Waals surface area contributed by atoms with Crippen molar-refractivity contribution >= 4 is 29.6 Å². The molecule has 198 valence electrons. The summed E-state index contributed by atoms with van der Waals surface area (Å²) >= 11 is 0. The summed E-state index contributed by atoms with van der Waals surface area (Å²) < 4.78 is 0. The number of hydrogen-bond acceptors (Lipinski definition) is 9. The van der Waals surface area contributed by atoms with E-state index in [0.717, 1.165) is 32.0 Å². The number of carboxylic acids is 2. The maximum Gasteiger partial charge on any atom is 0.344 e. The molecule has 0 amide bonds. The van der Waals surface area contributed by atoms with Crippen LogP contribution in [0.1, 0.15) is 51.9 Å². The molecule has 0 aromatic rings. The van der Waals surface area contributed by atoms with Crippen molar-refractivity contribution in [1.29, 1.82) is 0 Å². The van der Waals surface area contributed by atoms with E-state index in [2.05, 4.69) is 17.2 Å². The van der Waals surface area contributed by atoms with Crippen LogP contribution in [0.3, 0.4) is 0 Å². The number of aldehydes is 1. The van der Waals surface area contributed by atoms with Crippen LogP contribution in [0, 0.1) is 34.5 Å². The lowest BCUT2D eigenvalue weighted by Gasteiger charge is -2.59. The number of allylic oxidation sites excluding steroid dienone is 2. The third-order valence-corrected chi connectivity index (χ3v) is 9.04. The number of aliphatic hydroxyl groups excluding tert-OH is 2. The molecule has 0 heterocycles. The van der Waals surface area contributed by atoms with E-state index < -0.39 is 49.2 Å². The number of aliphatic hydroxyl groups is 2. The maximum absolute atomic E-state index is 12.7. The fraction of sp³-hybridized carbons (Fsp3) is 0.720. The largest absolute Gasteiger partial charge is 0.479 e. The van der Waals surface area contributed by atoms with Gasteiger partial charge in [-0.1, -0.05) is 22.8 Å². The van der Waals surface area contributed by atoms with Crippen LogP contribution in [0.5, 0.6) is 0 Å². The Bertz CT molecular complexity index is 992. The highest BCUT2D eigenvalue weighted by Crippen LogP contribution is 2.66. The van der Waals surface area contributed by atoms with Gasteiger partial charge in [-0.15, -0.1) is 0 Å². The van der Waals surface area contributed by atoms with Crippen LogP contribution in [0.15, 0.2) is 22.0 Å². The van der Waals surface area contributed by atoms with Crippen molar-refractivity contribution in [2.75, 3.05) is 19.8 Å². The predicted octanol–water partition coefficient (Wildman–Crippen LogP) is 1.62.